The van der Waals surface area contributed by atoms with E-state index in [9.17, 15) is 61.3 Å². The van der Waals surface area contributed by atoms with Crippen molar-refractivity contribution in [1.29, 1.82) is 0 Å². The van der Waals surface area contributed by atoms with E-state index in [1.54, 1.807) is 7.11 Å². The van der Waals surface area contributed by atoms with Crippen molar-refractivity contribution in [2.45, 2.75) is 227 Å². The molecule has 9 aliphatic rings. The van der Waals surface area contributed by atoms with Gasteiger partial charge in [-0.2, -0.15) is 0 Å². The van der Waals surface area contributed by atoms with Gasteiger partial charge in [-0.25, -0.2) is 0 Å². The van der Waals surface area contributed by atoms with Crippen LogP contribution in [-0.4, -0.2) is 230 Å². The minimum absolute atomic E-state index is 0.00783. The van der Waals surface area contributed by atoms with Crippen LogP contribution in [-0.2, 0) is 47.4 Å². The second-order valence-corrected chi connectivity index (χ2v) is 23.5. The molecule has 8 fully saturated rings. The maximum absolute atomic E-state index is 12.0. The number of hydrogen-bond acceptors (Lipinski definition) is 22. The minimum Gasteiger partial charge on any atom is -0.394 e. The highest BCUT2D eigenvalue weighted by Crippen LogP contribution is 2.70. The Balaban J connectivity index is 0.841. The maximum atomic E-state index is 12.0. The highest BCUT2D eigenvalue weighted by molar-refractivity contribution is 5.26. The molecule has 12 N–H and O–H groups in total. The van der Waals surface area contributed by atoms with E-state index in [2.05, 4.69) is 26.8 Å². The van der Waals surface area contributed by atoms with Gasteiger partial charge >= 0.3 is 0 Å². The largest absolute Gasteiger partial charge is 0.394 e. The van der Waals surface area contributed by atoms with Gasteiger partial charge in [0.15, 0.2) is 30.9 Å². The van der Waals surface area contributed by atoms with E-state index in [-0.39, 0.29) is 41.3 Å². The summed E-state index contributed by atoms with van der Waals surface area (Å²) in [6.45, 7) is 8.97. The topological polar surface area (TPSA) is 335 Å². The summed E-state index contributed by atoms with van der Waals surface area (Å²) in [6.07, 6.45) is -17.9. The molecule has 9 rings (SSSR count). The van der Waals surface area contributed by atoms with Crippen LogP contribution < -0.4 is 0 Å². The van der Waals surface area contributed by atoms with Gasteiger partial charge in [-0.15, -0.1) is 0 Å². The van der Waals surface area contributed by atoms with Crippen molar-refractivity contribution < 1.29 is 109 Å². The van der Waals surface area contributed by atoms with Crippen LogP contribution in [0.5, 0.6) is 0 Å². The average Bonchev–Trinajstić information content (AvgIpc) is 3.95. The van der Waals surface area contributed by atoms with E-state index >= 15 is 0 Å². The summed E-state index contributed by atoms with van der Waals surface area (Å²) in [5, 5.41) is 126. The predicted molar refractivity (Wildman–Crippen MR) is 249 cm³/mol. The van der Waals surface area contributed by atoms with E-state index in [1.807, 2.05) is 6.92 Å². The lowest BCUT2D eigenvalue weighted by molar-refractivity contribution is -0.376. The van der Waals surface area contributed by atoms with Crippen molar-refractivity contribution >= 4 is 0 Å². The van der Waals surface area contributed by atoms with Gasteiger partial charge in [0.05, 0.1) is 44.7 Å². The molecule has 5 saturated heterocycles. The fourth-order valence-corrected chi connectivity index (χ4v) is 15.1. The van der Waals surface area contributed by atoms with Crippen LogP contribution in [0.15, 0.2) is 11.6 Å². The monoisotopic (exact) mass is 1050 g/mol. The highest BCUT2D eigenvalue weighted by Gasteiger charge is 2.68. The Morgan fingerprint density at radius 2 is 1.25 bits per heavy atom. The van der Waals surface area contributed by atoms with Crippen LogP contribution in [0.4, 0.5) is 0 Å². The molecule has 22 heteroatoms. The Morgan fingerprint density at radius 3 is 1.93 bits per heavy atom. The number of ether oxygens (including phenoxy) is 10. The maximum Gasteiger partial charge on any atom is 0.187 e. The number of rotatable bonds is 16. The summed E-state index contributed by atoms with van der Waals surface area (Å²) >= 11 is 0. The molecule has 0 spiro atoms. The van der Waals surface area contributed by atoms with Crippen molar-refractivity contribution in [3.05, 3.63) is 11.6 Å². The second-order valence-electron chi connectivity index (χ2n) is 23.5. The van der Waals surface area contributed by atoms with Gasteiger partial charge in [0, 0.05) is 19.4 Å². The third-order valence-electron chi connectivity index (χ3n) is 19.5. The van der Waals surface area contributed by atoms with Crippen molar-refractivity contribution in [2.24, 2.45) is 46.3 Å². The van der Waals surface area contributed by atoms with E-state index in [1.165, 1.54) is 12.5 Å². The number of methoxy groups -OCH3 is 1. The Morgan fingerprint density at radius 1 is 0.658 bits per heavy atom. The lowest BCUT2D eigenvalue weighted by atomic mass is 9.47. The summed E-state index contributed by atoms with van der Waals surface area (Å²) in [4.78, 5) is 0. The first-order valence-corrected chi connectivity index (χ1v) is 26.7. The molecule has 5 heterocycles. The van der Waals surface area contributed by atoms with E-state index in [0.717, 1.165) is 32.1 Å². The lowest BCUT2D eigenvalue weighted by Gasteiger charge is -2.58. The number of aliphatic hydroxyl groups excluding tert-OH is 12. The zero-order valence-corrected chi connectivity index (χ0v) is 42.8. The summed E-state index contributed by atoms with van der Waals surface area (Å²) in [6, 6.07) is 0. The number of fused-ring (bicyclic) bond motifs is 7. The van der Waals surface area contributed by atoms with Crippen molar-refractivity contribution in [3.8, 4) is 0 Å². The third kappa shape index (κ3) is 10.0. The normalized spacial score (nSPS) is 54.3. The molecule has 73 heavy (non-hydrogen) atoms. The molecule has 5 aliphatic heterocycles. The van der Waals surface area contributed by atoms with Crippen LogP contribution in [0, 0.1) is 46.3 Å². The van der Waals surface area contributed by atoms with Gasteiger partial charge in [0.25, 0.3) is 0 Å². The van der Waals surface area contributed by atoms with Crippen molar-refractivity contribution in [3.63, 3.8) is 0 Å². The van der Waals surface area contributed by atoms with Crippen LogP contribution in [0.1, 0.15) is 92.4 Å². The fraction of sp³-hybridized carbons (Fsp3) is 0.961. The summed E-state index contributed by atoms with van der Waals surface area (Å²) in [5.41, 5.74) is 1.22. The molecule has 0 aromatic carbocycles. The van der Waals surface area contributed by atoms with Crippen LogP contribution in [0.25, 0.3) is 0 Å². The molecule has 22 nitrogen and oxygen atoms in total. The lowest BCUT2D eigenvalue weighted by Crippen LogP contribution is -2.65. The van der Waals surface area contributed by atoms with Crippen LogP contribution >= 0.6 is 0 Å². The molecule has 0 aromatic heterocycles. The first-order chi connectivity index (χ1) is 34.6. The minimum atomic E-state index is -1.76. The fourth-order valence-electron chi connectivity index (χ4n) is 15.1. The molecule has 0 unspecified atom stereocenters. The van der Waals surface area contributed by atoms with E-state index in [0.29, 0.717) is 43.4 Å². The first kappa shape index (κ1) is 56.6. The van der Waals surface area contributed by atoms with Crippen LogP contribution in [0.2, 0.25) is 0 Å². The number of allylic oxidation sites excluding steroid dienone is 1. The van der Waals surface area contributed by atoms with Gasteiger partial charge < -0.3 is 109 Å². The standard InChI is InChI=1S/C51H84O22/c1-21(20-65-45-40(61)38(59)35(56)30(17-52)68-45)9-14-51(64-6)22(2)33-29(73-51)16-28-26-8-7-24-15-25(10-12-49(24,4)27(26)11-13-50(28,33)5)67-48-42(63)44(72-46-41(62)37(58)34(55)23(3)66-46)43(32(19-54)70-48)71-47-39(60)36(57)31(18-53)69-47/h7,21-23,25-48,52-63H,8-20H2,1-6H3/t21-,22-,23-,25+,26+,27-,28-,29-,30-,31+,32-,33-,34-,35-,36+,37+,38+,39-,40-,41-,42-,43-,44-,45-,46+,47+,48-,49+,50+,51+/m0/s1. The summed E-state index contributed by atoms with van der Waals surface area (Å²) < 4.78 is 61.1. The highest BCUT2D eigenvalue weighted by atomic mass is 16.8. The van der Waals surface area contributed by atoms with Crippen molar-refractivity contribution in [1.82, 2.24) is 0 Å². The first-order valence-electron chi connectivity index (χ1n) is 26.7. The quantitative estimate of drug-likeness (QED) is 0.0766. The number of aliphatic hydroxyl groups is 12. The zero-order chi connectivity index (χ0) is 52.6. The van der Waals surface area contributed by atoms with Gasteiger partial charge in [0.1, 0.15) is 85.5 Å². The molecular formula is C51H84O22. The molecule has 0 amide bonds. The average molecular weight is 1050 g/mol. The molecule has 4 aliphatic carbocycles. The Bertz CT molecular complexity index is 1880. The Labute approximate surface area is 426 Å². The molecule has 0 aromatic rings. The second kappa shape index (κ2) is 22.2. The molecule has 0 radical (unpaired) electrons. The van der Waals surface area contributed by atoms with Gasteiger partial charge in [-0.3, -0.25) is 0 Å². The van der Waals surface area contributed by atoms with E-state index < -0.39 is 148 Å². The Kier molecular flexibility index (Phi) is 17.2. The molecule has 30 atom stereocenters. The molecule has 420 valence electrons. The van der Waals surface area contributed by atoms with Gasteiger partial charge in [-0.05, 0) is 98.7 Å². The SMILES string of the molecule is CO[C@]1(CC[C@H](C)CO[C@H]2O[C@@H](CO)[C@H](O)[C@@H](O)[C@@H]2O)O[C@H]2C[C@H]3[C@@H]4CC=C5C[C@H](O[C@H]6O[C@@H](CO)[C@H](O[C@H]7O[C@H](CO)[C@@H](O)[C@@H]7O)[C@@H](O[C@H]7O[C@@H](C)[C@H](O)[C@@H](O)[C@@H]7O)[C@@H]6O)CC[C@@]5(C)[C@H]4CC[C@@]3(C)[C@H]2[C@@H]1C. The van der Waals surface area contributed by atoms with Gasteiger partial charge in [0.2, 0.25) is 0 Å². The predicted octanol–water partition coefficient (Wildman–Crippen LogP) is -1.71. The summed E-state index contributed by atoms with van der Waals surface area (Å²) in [7, 11) is 1.72. The summed E-state index contributed by atoms with van der Waals surface area (Å²) in [5.74, 6) is 0.933. The molecular weight excluding hydrogens is 965 g/mol. The van der Waals surface area contributed by atoms with Crippen molar-refractivity contribution in [2.75, 3.05) is 33.5 Å². The molecule has 0 bridgehead atoms. The Hall–Kier alpha value is -1.14. The molecule has 3 saturated carbocycles. The zero-order valence-electron chi connectivity index (χ0n) is 42.8. The van der Waals surface area contributed by atoms with Gasteiger partial charge in [-0.1, -0.05) is 39.3 Å². The van der Waals surface area contributed by atoms with E-state index in [4.69, 9.17) is 47.4 Å². The third-order valence-corrected chi connectivity index (χ3v) is 19.5. The van der Waals surface area contributed by atoms with Crippen LogP contribution in [0.3, 0.4) is 0 Å². The number of hydrogen-bond donors (Lipinski definition) is 12. The smallest absolute Gasteiger partial charge is 0.187 e.